The van der Waals surface area contributed by atoms with Crippen molar-refractivity contribution in [1.29, 1.82) is 5.26 Å². The van der Waals surface area contributed by atoms with Crippen molar-refractivity contribution in [3.8, 4) is 11.8 Å². The maximum atomic E-state index is 13.0. The first-order chi connectivity index (χ1) is 6.83. The molecule has 0 saturated heterocycles. The van der Waals surface area contributed by atoms with E-state index in [1.54, 1.807) is 0 Å². The maximum absolute atomic E-state index is 13.0. The summed E-state index contributed by atoms with van der Waals surface area (Å²) in [6, 6.07) is 2.86. The minimum Gasteiger partial charge on any atom is -0.406 e. The predicted octanol–water partition coefficient (Wildman–Crippen LogP) is 3.36. The lowest BCUT2D eigenvalue weighted by Crippen LogP contribution is -2.17. The Morgan fingerprint density at radius 2 is 1.93 bits per heavy atom. The van der Waals surface area contributed by atoms with E-state index >= 15 is 0 Å². The molecule has 0 spiro atoms. The molecule has 0 aliphatic rings. The molecule has 0 aliphatic heterocycles. The van der Waals surface area contributed by atoms with E-state index in [0.717, 1.165) is 6.07 Å². The zero-order chi connectivity index (χ0) is 11.6. The highest BCUT2D eigenvalue weighted by molar-refractivity contribution is 9.10. The van der Waals surface area contributed by atoms with E-state index in [2.05, 4.69) is 20.7 Å². The zero-order valence-electron chi connectivity index (χ0n) is 6.90. The summed E-state index contributed by atoms with van der Waals surface area (Å²) in [6.07, 6.45) is -4.89. The number of hydrogen-bond acceptors (Lipinski definition) is 2. The monoisotopic (exact) mass is 283 g/mol. The van der Waals surface area contributed by atoms with Crippen LogP contribution in [0.3, 0.4) is 0 Å². The van der Waals surface area contributed by atoms with Gasteiger partial charge >= 0.3 is 6.36 Å². The van der Waals surface area contributed by atoms with Crippen molar-refractivity contribution in [2.45, 2.75) is 6.36 Å². The minimum atomic E-state index is -4.89. The molecular weight excluding hydrogens is 282 g/mol. The SMILES string of the molecule is N#Cc1c(F)cc(OC(F)(F)F)cc1Br. The largest absolute Gasteiger partial charge is 0.573 e. The lowest BCUT2D eigenvalue weighted by molar-refractivity contribution is -0.274. The van der Waals surface area contributed by atoms with Crippen LogP contribution in [0.2, 0.25) is 0 Å². The Morgan fingerprint density at radius 3 is 2.33 bits per heavy atom. The van der Waals surface area contributed by atoms with Crippen molar-refractivity contribution >= 4 is 15.9 Å². The second-order valence-electron chi connectivity index (χ2n) is 2.42. The predicted molar refractivity (Wildman–Crippen MR) is 45.5 cm³/mol. The van der Waals surface area contributed by atoms with E-state index in [9.17, 15) is 17.6 Å². The maximum Gasteiger partial charge on any atom is 0.573 e. The summed E-state index contributed by atoms with van der Waals surface area (Å²) in [7, 11) is 0. The second kappa shape index (κ2) is 4.06. The number of ether oxygens (including phenoxy) is 1. The standard InChI is InChI=1S/C8H2BrF4NO/c9-6-1-4(15-8(11,12)13)2-7(10)5(6)3-14/h1-2H. The Balaban J connectivity index is 3.11. The third-order valence-corrected chi connectivity index (χ3v) is 1.99. The molecule has 80 valence electrons. The second-order valence-corrected chi connectivity index (χ2v) is 3.28. The lowest BCUT2D eigenvalue weighted by Gasteiger charge is -2.09. The zero-order valence-corrected chi connectivity index (χ0v) is 8.49. The van der Waals surface area contributed by atoms with Crippen LogP contribution in [0.4, 0.5) is 17.6 Å². The highest BCUT2D eigenvalue weighted by Gasteiger charge is 2.31. The van der Waals surface area contributed by atoms with Crippen molar-refractivity contribution in [3.63, 3.8) is 0 Å². The van der Waals surface area contributed by atoms with E-state index in [-0.39, 0.29) is 10.0 Å². The van der Waals surface area contributed by atoms with Gasteiger partial charge in [-0.1, -0.05) is 0 Å². The van der Waals surface area contributed by atoms with Gasteiger partial charge in [-0.25, -0.2) is 4.39 Å². The van der Waals surface area contributed by atoms with Gasteiger partial charge in [0.15, 0.2) is 0 Å². The highest BCUT2D eigenvalue weighted by atomic mass is 79.9. The number of hydrogen-bond donors (Lipinski definition) is 0. The molecular formula is C8H2BrF4NO. The van der Waals surface area contributed by atoms with Gasteiger partial charge in [0.25, 0.3) is 0 Å². The fourth-order valence-corrected chi connectivity index (χ4v) is 1.35. The summed E-state index contributed by atoms with van der Waals surface area (Å²) in [5.74, 6) is -1.79. The summed E-state index contributed by atoms with van der Waals surface area (Å²) in [5.41, 5.74) is -0.371. The van der Waals surface area contributed by atoms with Crippen molar-refractivity contribution in [1.82, 2.24) is 0 Å². The lowest BCUT2D eigenvalue weighted by atomic mass is 10.2. The van der Waals surface area contributed by atoms with Crippen molar-refractivity contribution in [2.75, 3.05) is 0 Å². The van der Waals surface area contributed by atoms with Crippen LogP contribution in [-0.4, -0.2) is 6.36 Å². The molecule has 0 unspecified atom stereocenters. The minimum absolute atomic E-state index is 0.0933. The van der Waals surface area contributed by atoms with Crippen LogP contribution in [0, 0.1) is 17.1 Å². The van der Waals surface area contributed by atoms with Crippen LogP contribution < -0.4 is 4.74 Å². The molecule has 0 amide bonds. The first-order valence-corrected chi connectivity index (χ1v) is 4.27. The van der Waals surface area contributed by atoms with Crippen molar-refractivity contribution < 1.29 is 22.3 Å². The molecule has 1 rings (SSSR count). The van der Waals surface area contributed by atoms with Crippen molar-refractivity contribution in [2.24, 2.45) is 0 Å². The number of nitriles is 1. The van der Waals surface area contributed by atoms with Gasteiger partial charge in [-0.2, -0.15) is 5.26 Å². The molecule has 0 heterocycles. The van der Waals surface area contributed by atoms with Gasteiger partial charge in [0, 0.05) is 10.5 Å². The molecule has 7 heteroatoms. The number of nitrogens with zero attached hydrogens (tertiary/aromatic N) is 1. The first-order valence-electron chi connectivity index (χ1n) is 3.48. The average Bonchev–Trinajstić information content (AvgIpc) is 1.99. The van der Waals surface area contributed by atoms with E-state index in [4.69, 9.17) is 5.26 Å². The average molecular weight is 284 g/mol. The molecule has 0 saturated carbocycles. The molecule has 0 N–H and O–H groups in total. The molecule has 0 aliphatic carbocycles. The molecule has 2 nitrogen and oxygen atoms in total. The van der Waals surface area contributed by atoms with Crippen LogP contribution in [0.25, 0.3) is 0 Å². The third kappa shape index (κ3) is 3.09. The topological polar surface area (TPSA) is 33.0 Å². The highest BCUT2D eigenvalue weighted by Crippen LogP contribution is 2.29. The van der Waals surface area contributed by atoms with Gasteiger partial charge in [0.1, 0.15) is 23.2 Å². The van der Waals surface area contributed by atoms with Crippen LogP contribution in [-0.2, 0) is 0 Å². The quantitative estimate of drug-likeness (QED) is 0.741. The molecule has 1 aromatic carbocycles. The van der Waals surface area contributed by atoms with E-state index < -0.39 is 17.9 Å². The van der Waals surface area contributed by atoms with E-state index in [0.29, 0.717) is 6.07 Å². The van der Waals surface area contributed by atoms with Crippen LogP contribution >= 0.6 is 15.9 Å². The van der Waals surface area contributed by atoms with Crippen LogP contribution in [0.15, 0.2) is 16.6 Å². The van der Waals surface area contributed by atoms with Gasteiger partial charge in [-0.05, 0) is 22.0 Å². The van der Waals surface area contributed by atoms with Gasteiger partial charge in [-0.3, -0.25) is 0 Å². The summed E-state index contributed by atoms with van der Waals surface area (Å²) in [5, 5.41) is 8.44. The Bertz CT molecular complexity index is 401. The number of rotatable bonds is 1. The number of alkyl halides is 3. The summed E-state index contributed by atoms with van der Waals surface area (Å²) in [4.78, 5) is 0. The van der Waals surface area contributed by atoms with Gasteiger partial charge in [0.05, 0.1) is 0 Å². The normalized spacial score (nSPS) is 10.9. The molecule has 1 aromatic rings. The van der Waals surface area contributed by atoms with Gasteiger partial charge < -0.3 is 4.74 Å². The Hall–Kier alpha value is -1.29. The number of halogens is 5. The summed E-state index contributed by atoms with van der Waals surface area (Å²) in [6.45, 7) is 0. The molecule has 0 atom stereocenters. The Kier molecular flexibility index (Phi) is 3.19. The van der Waals surface area contributed by atoms with E-state index in [1.807, 2.05) is 0 Å². The van der Waals surface area contributed by atoms with Crippen LogP contribution in [0.5, 0.6) is 5.75 Å². The molecule has 0 bridgehead atoms. The molecule has 15 heavy (non-hydrogen) atoms. The fourth-order valence-electron chi connectivity index (χ4n) is 0.849. The molecule has 0 radical (unpaired) electrons. The van der Waals surface area contributed by atoms with Gasteiger partial charge in [-0.15, -0.1) is 13.2 Å². The van der Waals surface area contributed by atoms with Crippen molar-refractivity contribution in [3.05, 3.63) is 28.0 Å². The number of benzene rings is 1. The summed E-state index contributed by atoms with van der Waals surface area (Å²) < 4.78 is 51.7. The fraction of sp³-hybridized carbons (Fsp3) is 0.125. The Morgan fingerprint density at radius 1 is 1.33 bits per heavy atom. The smallest absolute Gasteiger partial charge is 0.406 e. The third-order valence-electron chi connectivity index (χ3n) is 1.36. The first kappa shape index (κ1) is 11.8. The van der Waals surface area contributed by atoms with Crippen LogP contribution in [0.1, 0.15) is 5.56 Å². The molecule has 0 fully saturated rings. The van der Waals surface area contributed by atoms with Gasteiger partial charge in [0.2, 0.25) is 0 Å². The van der Waals surface area contributed by atoms with E-state index in [1.165, 1.54) is 6.07 Å². The molecule has 0 aromatic heterocycles. The summed E-state index contributed by atoms with van der Waals surface area (Å²) >= 11 is 2.76. The Labute approximate surface area is 90.2 Å².